The zero-order chi connectivity index (χ0) is 16.3. The van der Waals surface area contributed by atoms with Gasteiger partial charge in [-0.3, -0.25) is 4.79 Å². The lowest BCUT2D eigenvalue weighted by molar-refractivity contribution is 0.0695. The molecule has 0 N–H and O–H groups in total. The fourth-order valence-corrected chi connectivity index (χ4v) is 4.56. The molecular formula is C18H23N3OS. The van der Waals surface area contributed by atoms with Gasteiger partial charge < -0.3 is 4.90 Å². The van der Waals surface area contributed by atoms with Crippen LogP contribution in [0.2, 0.25) is 0 Å². The van der Waals surface area contributed by atoms with Crippen LogP contribution in [0.4, 0.5) is 0 Å². The number of aromatic nitrogens is 2. The molecule has 2 fully saturated rings. The second-order valence-corrected chi connectivity index (χ2v) is 8.21. The summed E-state index contributed by atoms with van der Waals surface area (Å²) in [5.74, 6) is 1.69. The lowest BCUT2D eigenvalue weighted by atomic mass is 10.1. The van der Waals surface area contributed by atoms with Crippen LogP contribution in [0, 0.1) is 13.8 Å². The normalized spacial score (nSPS) is 18.0. The minimum atomic E-state index is 0.176. The Balaban J connectivity index is 1.79. The summed E-state index contributed by atoms with van der Waals surface area (Å²) in [4.78, 5) is 26.4. The van der Waals surface area contributed by atoms with Crippen molar-refractivity contribution in [1.29, 1.82) is 0 Å². The van der Waals surface area contributed by atoms with E-state index in [9.17, 15) is 4.79 Å². The molecule has 0 spiro atoms. The van der Waals surface area contributed by atoms with Crippen LogP contribution in [-0.2, 0) is 0 Å². The Morgan fingerprint density at radius 1 is 1.17 bits per heavy atom. The first kappa shape index (κ1) is 15.1. The highest BCUT2D eigenvalue weighted by Crippen LogP contribution is 2.41. The van der Waals surface area contributed by atoms with Crippen LogP contribution >= 0.6 is 11.3 Å². The molecule has 1 amide bonds. The van der Waals surface area contributed by atoms with E-state index in [1.165, 1.54) is 12.8 Å². The number of fused-ring (bicyclic) bond motifs is 1. The molecule has 2 saturated carbocycles. The number of rotatable bonds is 4. The van der Waals surface area contributed by atoms with Crippen LogP contribution in [0.1, 0.15) is 72.2 Å². The van der Waals surface area contributed by atoms with Crippen LogP contribution < -0.4 is 0 Å². The van der Waals surface area contributed by atoms with Gasteiger partial charge in [0.05, 0.1) is 10.6 Å². The molecule has 23 heavy (non-hydrogen) atoms. The highest BCUT2D eigenvalue weighted by molar-refractivity contribution is 7.20. The number of aryl methyl sites for hydroxylation is 2. The SMILES string of the molecule is Cc1nc(C2CC2)nc2sc(C(=O)N(C(C)C)C3CC3)c(C)c12. The highest BCUT2D eigenvalue weighted by atomic mass is 32.1. The van der Waals surface area contributed by atoms with E-state index in [1.807, 2.05) is 13.8 Å². The molecular weight excluding hydrogens is 306 g/mol. The first-order valence-corrected chi connectivity index (χ1v) is 9.39. The molecule has 2 aliphatic carbocycles. The third-order valence-electron chi connectivity index (χ3n) is 4.86. The maximum atomic E-state index is 13.1. The van der Waals surface area contributed by atoms with Gasteiger partial charge in [0.2, 0.25) is 0 Å². The van der Waals surface area contributed by atoms with E-state index in [4.69, 9.17) is 9.97 Å². The first-order valence-electron chi connectivity index (χ1n) is 8.57. The molecule has 0 saturated heterocycles. The van der Waals surface area contributed by atoms with Crippen molar-refractivity contribution in [2.24, 2.45) is 0 Å². The van der Waals surface area contributed by atoms with Gasteiger partial charge in [-0.25, -0.2) is 9.97 Å². The maximum absolute atomic E-state index is 13.1. The molecule has 0 unspecified atom stereocenters. The highest BCUT2D eigenvalue weighted by Gasteiger charge is 2.36. The zero-order valence-electron chi connectivity index (χ0n) is 14.2. The van der Waals surface area contributed by atoms with Crippen molar-refractivity contribution in [2.75, 3.05) is 0 Å². The van der Waals surface area contributed by atoms with Gasteiger partial charge in [0.25, 0.3) is 5.91 Å². The van der Waals surface area contributed by atoms with Crippen LogP contribution in [0.3, 0.4) is 0 Å². The molecule has 0 bridgehead atoms. The lowest BCUT2D eigenvalue weighted by Crippen LogP contribution is -2.38. The van der Waals surface area contributed by atoms with E-state index < -0.39 is 0 Å². The molecule has 2 aromatic rings. The Labute approximate surface area is 140 Å². The molecule has 4 rings (SSSR count). The second kappa shape index (κ2) is 5.26. The lowest BCUT2D eigenvalue weighted by Gasteiger charge is -2.26. The number of carbonyl (C=O) groups is 1. The smallest absolute Gasteiger partial charge is 0.264 e. The van der Waals surface area contributed by atoms with E-state index in [0.29, 0.717) is 12.0 Å². The Bertz CT molecular complexity index is 785. The molecule has 122 valence electrons. The Hall–Kier alpha value is -1.49. The van der Waals surface area contributed by atoms with Crippen LogP contribution in [0.5, 0.6) is 0 Å². The number of nitrogens with zero attached hydrogens (tertiary/aromatic N) is 3. The quantitative estimate of drug-likeness (QED) is 0.844. The van der Waals surface area contributed by atoms with Gasteiger partial charge in [-0.15, -0.1) is 11.3 Å². The Morgan fingerprint density at radius 2 is 1.87 bits per heavy atom. The molecule has 0 atom stereocenters. The summed E-state index contributed by atoms with van der Waals surface area (Å²) in [7, 11) is 0. The van der Waals surface area contributed by atoms with Crippen molar-refractivity contribution >= 4 is 27.5 Å². The average molecular weight is 329 g/mol. The standard InChI is InChI=1S/C18H23N3OS/c1-9(2)21(13-7-8-13)18(22)15-10(3)14-11(4)19-16(12-5-6-12)20-17(14)23-15/h9,12-13H,5-8H2,1-4H3. The van der Waals surface area contributed by atoms with Crippen molar-refractivity contribution in [2.45, 2.75) is 71.4 Å². The number of hydrogen-bond acceptors (Lipinski definition) is 4. The fourth-order valence-electron chi connectivity index (χ4n) is 3.38. The topological polar surface area (TPSA) is 46.1 Å². The Morgan fingerprint density at radius 3 is 2.43 bits per heavy atom. The summed E-state index contributed by atoms with van der Waals surface area (Å²) in [6.45, 7) is 8.31. The van der Waals surface area contributed by atoms with Crippen LogP contribution in [0.25, 0.3) is 10.2 Å². The second-order valence-electron chi connectivity index (χ2n) is 7.22. The Kier molecular flexibility index (Phi) is 3.45. The molecule has 4 nitrogen and oxygen atoms in total. The predicted molar refractivity (Wildman–Crippen MR) is 93.2 cm³/mol. The van der Waals surface area contributed by atoms with E-state index in [0.717, 1.165) is 45.0 Å². The van der Waals surface area contributed by atoms with Crippen molar-refractivity contribution in [3.8, 4) is 0 Å². The van der Waals surface area contributed by atoms with Gasteiger partial charge in [0.15, 0.2) is 0 Å². The number of amides is 1. The summed E-state index contributed by atoms with van der Waals surface area (Å²) in [5, 5.41) is 1.09. The molecule has 0 aliphatic heterocycles. The summed E-state index contributed by atoms with van der Waals surface area (Å²) >= 11 is 1.55. The monoisotopic (exact) mass is 329 g/mol. The average Bonchev–Trinajstić information content (AvgIpc) is 3.37. The third-order valence-corrected chi connectivity index (χ3v) is 6.03. The van der Waals surface area contributed by atoms with E-state index >= 15 is 0 Å². The molecule has 2 heterocycles. The van der Waals surface area contributed by atoms with Crippen molar-refractivity contribution in [1.82, 2.24) is 14.9 Å². The van der Waals surface area contributed by atoms with Gasteiger partial charge in [-0.1, -0.05) is 0 Å². The van der Waals surface area contributed by atoms with Gasteiger partial charge in [0.1, 0.15) is 10.7 Å². The van der Waals surface area contributed by atoms with Crippen molar-refractivity contribution in [3.05, 3.63) is 22.0 Å². The predicted octanol–water partition coefficient (Wildman–Crippen LogP) is 4.20. The third kappa shape index (κ3) is 2.55. The molecule has 0 aromatic carbocycles. The minimum absolute atomic E-state index is 0.176. The molecule has 2 aliphatic rings. The summed E-state index contributed by atoms with van der Waals surface area (Å²) in [6.07, 6.45) is 4.67. The summed E-state index contributed by atoms with van der Waals surface area (Å²) < 4.78 is 0. The number of thiophene rings is 1. The van der Waals surface area contributed by atoms with Crippen molar-refractivity contribution < 1.29 is 4.79 Å². The maximum Gasteiger partial charge on any atom is 0.264 e. The van der Waals surface area contributed by atoms with E-state index in [2.05, 4.69) is 18.7 Å². The molecule has 0 radical (unpaired) electrons. The summed E-state index contributed by atoms with van der Waals surface area (Å²) in [6, 6.07) is 0.676. The fraction of sp³-hybridized carbons (Fsp3) is 0.611. The molecule has 2 aromatic heterocycles. The number of carbonyl (C=O) groups excluding carboxylic acids is 1. The summed E-state index contributed by atoms with van der Waals surface area (Å²) in [5.41, 5.74) is 2.08. The van der Waals surface area contributed by atoms with E-state index in [-0.39, 0.29) is 11.9 Å². The van der Waals surface area contributed by atoms with Crippen LogP contribution in [0.15, 0.2) is 0 Å². The molecule has 5 heteroatoms. The van der Waals surface area contributed by atoms with Gasteiger partial charge >= 0.3 is 0 Å². The zero-order valence-corrected chi connectivity index (χ0v) is 15.0. The van der Waals surface area contributed by atoms with Crippen LogP contribution in [-0.4, -0.2) is 32.9 Å². The van der Waals surface area contributed by atoms with Crippen molar-refractivity contribution in [3.63, 3.8) is 0 Å². The van der Waals surface area contributed by atoms with E-state index in [1.54, 1.807) is 11.3 Å². The van der Waals surface area contributed by atoms with Gasteiger partial charge in [0, 0.05) is 23.4 Å². The first-order chi connectivity index (χ1) is 11.0. The van der Waals surface area contributed by atoms with Gasteiger partial charge in [-0.05, 0) is 58.9 Å². The minimum Gasteiger partial charge on any atom is -0.333 e. The van der Waals surface area contributed by atoms with Gasteiger partial charge in [-0.2, -0.15) is 0 Å². The largest absolute Gasteiger partial charge is 0.333 e. The number of hydrogen-bond donors (Lipinski definition) is 0.